The average Bonchev–Trinajstić information content (AvgIpc) is 2.55. The van der Waals surface area contributed by atoms with E-state index in [1.165, 1.54) is 19.4 Å². The van der Waals surface area contributed by atoms with Crippen molar-refractivity contribution in [3.63, 3.8) is 0 Å². The van der Waals surface area contributed by atoms with Crippen LogP contribution in [0.15, 0.2) is 0 Å². The molecule has 1 atom stereocenters. The van der Waals surface area contributed by atoms with Crippen molar-refractivity contribution >= 4 is 0 Å². The number of methoxy groups -OCH3 is 1. The predicted octanol–water partition coefficient (Wildman–Crippen LogP) is 2.78. The molecular formula is C11H27NO. The van der Waals surface area contributed by atoms with Crippen LogP contribution in [0.4, 0.5) is 0 Å². The lowest BCUT2D eigenvalue weighted by Gasteiger charge is -2.12. The third-order valence-electron chi connectivity index (χ3n) is 2.17. The molecule has 0 N–H and O–H groups in total. The van der Waals surface area contributed by atoms with Gasteiger partial charge in [-0.1, -0.05) is 13.8 Å². The summed E-state index contributed by atoms with van der Waals surface area (Å²) >= 11 is 0. The van der Waals surface area contributed by atoms with E-state index in [0.29, 0.717) is 0 Å². The van der Waals surface area contributed by atoms with Crippen molar-refractivity contribution in [2.45, 2.75) is 46.6 Å². The van der Waals surface area contributed by atoms with Crippen LogP contribution >= 0.6 is 0 Å². The molecule has 0 saturated carbocycles. The van der Waals surface area contributed by atoms with E-state index in [2.05, 4.69) is 23.6 Å². The summed E-state index contributed by atoms with van der Waals surface area (Å²) in [6, 6.07) is 0.847. The van der Waals surface area contributed by atoms with Gasteiger partial charge in [0.1, 0.15) is 0 Å². The normalized spacial score (nSPS) is 21.2. The highest BCUT2D eigenvalue weighted by Crippen LogP contribution is 2.12. The molecule has 0 aromatic heterocycles. The zero-order valence-electron chi connectivity index (χ0n) is 10.3. The highest BCUT2D eigenvalue weighted by atomic mass is 16.5. The van der Waals surface area contributed by atoms with E-state index in [0.717, 1.165) is 12.6 Å². The Balaban J connectivity index is 0. The van der Waals surface area contributed by atoms with Gasteiger partial charge < -0.3 is 9.64 Å². The second kappa shape index (κ2) is 11.9. The van der Waals surface area contributed by atoms with Crippen LogP contribution in [0.1, 0.15) is 40.5 Å². The molecule has 2 nitrogen and oxygen atoms in total. The van der Waals surface area contributed by atoms with Crippen molar-refractivity contribution in [2.24, 2.45) is 0 Å². The summed E-state index contributed by atoms with van der Waals surface area (Å²) < 4.78 is 4.54. The number of hydrogen-bond donors (Lipinski definition) is 0. The maximum absolute atomic E-state index is 4.54. The zero-order valence-corrected chi connectivity index (χ0v) is 10.3. The minimum absolute atomic E-state index is 0.819. The fraction of sp³-hybridized carbons (Fsp3) is 1.00. The fourth-order valence-electron chi connectivity index (χ4n) is 1.08. The van der Waals surface area contributed by atoms with E-state index in [1.54, 1.807) is 7.11 Å². The monoisotopic (exact) mass is 189 g/mol. The quantitative estimate of drug-likeness (QED) is 0.629. The lowest BCUT2D eigenvalue weighted by atomic mass is 10.3. The number of hydrogen-bond acceptors (Lipinski definition) is 2. The molecule has 82 valence electrons. The highest BCUT2D eigenvalue weighted by molar-refractivity contribution is 4.70. The minimum atomic E-state index is 0.819. The summed E-state index contributed by atoms with van der Waals surface area (Å²) in [7, 11) is 3.87. The van der Waals surface area contributed by atoms with Crippen LogP contribution in [0.3, 0.4) is 0 Å². The maximum Gasteiger partial charge on any atom is 0.0433 e. The summed E-state index contributed by atoms with van der Waals surface area (Å²) in [6.07, 6.45) is 2.80. The van der Waals surface area contributed by atoms with E-state index in [-0.39, 0.29) is 0 Å². The van der Waals surface area contributed by atoms with E-state index in [1.807, 2.05) is 20.8 Å². The van der Waals surface area contributed by atoms with E-state index in [9.17, 15) is 0 Å². The van der Waals surface area contributed by atoms with Crippen LogP contribution in [0.25, 0.3) is 0 Å². The number of ether oxygens (including phenoxy) is 1. The fourth-order valence-corrected chi connectivity index (χ4v) is 1.08. The highest BCUT2D eigenvalue weighted by Gasteiger charge is 2.14. The molecule has 0 radical (unpaired) electrons. The van der Waals surface area contributed by atoms with Gasteiger partial charge >= 0.3 is 0 Å². The molecule has 1 rings (SSSR count). The lowest BCUT2D eigenvalue weighted by Crippen LogP contribution is -2.20. The molecule has 2 heteroatoms. The molecule has 13 heavy (non-hydrogen) atoms. The van der Waals surface area contributed by atoms with Gasteiger partial charge in [0.2, 0.25) is 0 Å². The topological polar surface area (TPSA) is 12.5 Å². The standard InChI is InChI=1S/C6H13N.C3H8O.C2H6/c1-6-4-3-5-7(6)2;1-3-4-2;1-2/h6H,3-5H2,1-2H3;3H2,1-2H3;1-2H3. The summed E-state index contributed by atoms with van der Waals surface area (Å²) in [5, 5.41) is 0. The SMILES string of the molecule is CC.CC1CCCN1C.CCOC. The number of nitrogens with zero attached hydrogens (tertiary/aromatic N) is 1. The largest absolute Gasteiger partial charge is 0.385 e. The molecule has 0 spiro atoms. The van der Waals surface area contributed by atoms with E-state index in [4.69, 9.17) is 0 Å². The van der Waals surface area contributed by atoms with Gasteiger partial charge in [0.25, 0.3) is 0 Å². The zero-order chi connectivity index (χ0) is 10.7. The first kappa shape index (κ1) is 15.4. The van der Waals surface area contributed by atoms with Crippen molar-refractivity contribution in [3.8, 4) is 0 Å². The summed E-state index contributed by atoms with van der Waals surface area (Å²) in [4.78, 5) is 2.40. The summed E-state index contributed by atoms with van der Waals surface area (Å²) in [5.74, 6) is 0. The molecule has 1 aliphatic heterocycles. The number of rotatable bonds is 1. The first-order valence-electron chi connectivity index (χ1n) is 5.41. The Morgan fingerprint density at radius 1 is 1.38 bits per heavy atom. The van der Waals surface area contributed by atoms with Gasteiger partial charge in [-0.3, -0.25) is 0 Å². The van der Waals surface area contributed by atoms with Crippen LogP contribution in [-0.2, 0) is 4.74 Å². The molecule has 1 aliphatic rings. The first-order valence-corrected chi connectivity index (χ1v) is 5.41. The molecule has 1 heterocycles. The van der Waals surface area contributed by atoms with Gasteiger partial charge in [-0.15, -0.1) is 0 Å². The second-order valence-corrected chi connectivity index (χ2v) is 3.05. The molecule has 1 fully saturated rings. The van der Waals surface area contributed by atoms with Crippen LogP contribution in [-0.4, -0.2) is 38.3 Å². The van der Waals surface area contributed by atoms with Gasteiger partial charge in [-0.25, -0.2) is 0 Å². The van der Waals surface area contributed by atoms with Crippen molar-refractivity contribution < 1.29 is 4.74 Å². The molecule has 0 aliphatic carbocycles. The Bertz CT molecular complexity index is 76.2. The van der Waals surface area contributed by atoms with E-state index >= 15 is 0 Å². The molecule has 0 bridgehead atoms. The molecule has 0 aromatic rings. The Morgan fingerprint density at radius 2 is 1.85 bits per heavy atom. The Hall–Kier alpha value is -0.0800. The average molecular weight is 189 g/mol. The van der Waals surface area contributed by atoms with Crippen LogP contribution in [0.2, 0.25) is 0 Å². The van der Waals surface area contributed by atoms with Gasteiger partial charge in [-0.2, -0.15) is 0 Å². The summed E-state index contributed by atoms with van der Waals surface area (Å²) in [6.45, 7) is 10.4. The van der Waals surface area contributed by atoms with Gasteiger partial charge in [0.05, 0.1) is 0 Å². The molecule has 0 amide bonds. The van der Waals surface area contributed by atoms with Crippen molar-refractivity contribution in [3.05, 3.63) is 0 Å². The van der Waals surface area contributed by atoms with Crippen molar-refractivity contribution in [1.82, 2.24) is 4.90 Å². The first-order chi connectivity index (χ1) is 6.22. The van der Waals surface area contributed by atoms with Crippen molar-refractivity contribution in [2.75, 3.05) is 27.3 Å². The van der Waals surface area contributed by atoms with E-state index < -0.39 is 0 Å². The Morgan fingerprint density at radius 3 is 1.92 bits per heavy atom. The van der Waals surface area contributed by atoms with Crippen LogP contribution < -0.4 is 0 Å². The summed E-state index contributed by atoms with van der Waals surface area (Å²) in [5.41, 5.74) is 0. The molecule has 1 unspecified atom stereocenters. The van der Waals surface area contributed by atoms with Crippen molar-refractivity contribution in [1.29, 1.82) is 0 Å². The maximum atomic E-state index is 4.54. The molecule has 1 saturated heterocycles. The Kier molecular flexibility index (Phi) is 14.1. The van der Waals surface area contributed by atoms with Crippen LogP contribution in [0, 0.1) is 0 Å². The minimum Gasteiger partial charge on any atom is -0.385 e. The third kappa shape index (κ3) is 9.84. The molecular weight excluding hydrogens is 162 g/mol. The smallest absolute Gasteiger partial charge is 0.0433 e. The lowest BCUT2D eigenvalue weighted by molar-refractivity contribution is 0.215. The predicted molar refractivity (Wildman–Crippen MR) is 60.2 cm³/mol. The van der Waals surface area contributed by atoms with Gasteiger partial charge in [-0.05, 0) is 40.3 Å². The van der Waals surface area contributed by atoms with Gasteiger partial charge in [0.15, 0.2) is 0 Å². The third-order valence-corrected chi connectivity index (χ3v) is 2.17. The Labute approximate surface area is 84.3 Å². The molecule has 0 aromatic carbocycles. The van der Waals surface area contributed by atoms with Crippen LogP contribution in [0.5, 0.6) is 0 Å². The van der Waals surface area contributed by atoms with Gasteiger partial charge in [0, 0.05) is 19.8 Å². The second-order valence-electron chi connectivity index (χ2n) is 3.05. The number of likely N-dealkylation sites (tertiary alicyclic amines) is 1.